The Balaban J connectivity index is 2.94. The topological polar surface area (TPSA) is 4.36 Å². The number of thiophene rings is 1. The van der Waals surface area contributed by atoms with Crippen molar-refractivity contribution in [2.45, 2.75) is 6.92 Å². The van der Waals surface area contributed by atoms with Crippen LogP contribution in [-0.2, 0) is 0 Å². The van der Waals surface area contributed by atoms with Crippen LogP contribution in [0.15, 0.2) is 24.3 Å². The number of benzene rings is 1. The van der Waals surface area contributed by atoms with E-state index in [9.17, 15) is 0 Å². The van der Waals surface area contributed by atoms with Gasteiger partial charge in [0, 0.05) is 0 Å². The smallest absolute Gasteiger partial charge is 0.226 e. The predicted octanol–water partition coefficient (Wildman–Crippen LogP) is 3.76. The van der Waals surface area contributed by atoms with Gasteiger partial charge in [0.2, 0.25) is 5.00 Å². The van der Waals surface area contributed by atoms with Crippen LogP contribution in [0.4, 0.5) is 5.00 Å². The molecule has 0 saturated heterocycles. The fourth-order valence-electron chi connectivity index (χ4n) is 1.31. The second-order valence-electron chi connectivity index (χ2n) is 2.62. The Morgan fingerprint density at radius 3 is 2.58 bits per heavy atom. The fraction of sp³-hybridized carbons (Fsp3) is 0.100. The summed E-state index contributed by atoms with van der Waals surface area (Å²) in [4.78, 5) is 4.72. The summed E-state index contributed by atoms with van der Waals surface area (Å²) in [6, 6.07) is 8.06. The third kappa shape index (κ3) is 0.910. The van der Waals surface area contributed by atoms with E-state index in [1.807, 2.05) is 18.2 Å². The van der Waals surface area contributed by atoms with Crippen molar-refractivity contribution < 1.29 is 0 Å². The first kappa shape index (κ1) is 7.33. The Kier molecular flexibility index (Phi) is 1.60. The normalized spacial score (nSPS) is 10.0. The zero-order chi connectivity index (χ0) is 8.55. The minimum atomic E-state index is 0.808. The molecule has 1 aromatic heterocycles. The molecule has 0 aliphatic heterocycles. The highest BCUT2D eigenvalue weighted by Gasteiger charge is 2.05. The second kappa shape index (κ2) is 2.62. The zero-order valence-corrected chi connectivity index (χ0v) is 7.48. The maximum atomic E-state index is 6.97. The number of fused-ring (bicyclic) bond motifs is 1. The van der Waals surface area contributed by atoms with Crippen LogP contribution in [0.1, 0.15) is 4.88 Å². The second-order valence-corrected chi connectivity index (χ2v) is 3.82. The van der Waals surface area contributed by atoms with Crippen LogP contribution in [0, 0.1) is 13.5 Å². The average molecular weight is 173 g/mol. The molecule has 0 N–H and O–H groups in total. The molecule has 0 aliphatic carbocycles. The summed E-state index contributed by atoms with van der Waals surface area (Å²) in [6.07, 6.45) is 0. The van der Waals surface area contributed by atoms with Crippen LogP contribution >= 0.6 is 11.3 Å². The minimum Gasteiger partial charge on any atom is -0.226 e. The summed E-state index contributed by atoms with van der Waals surface area (Å²) in [5, 5.41) is 3.12. The molecule has 0 spiro atoms. The van der Waals surface area contributed by atoms with Gasteiger partial charge in [0.15, 0.2) is 0 Å². The minimum absolute atomic E-state index is 0.808. The first-order valence-electron chi connectivity index (χ1n) is 3.68. The van der Waals surface area contributed by atoms with Gasteiger partial charge in [-0.1, -0.05) is 24.3 Å². The van der Waals surface area contributed by atoms with Crippen molar-refractivity contribution in [1.29, 1.82) is 0 Å². The number of hydrogen-bond acceptors (Lipinski definition) is 1. The summed E-state index contributed by atoms with van der Waals surface area (Å²) < 4.78 is 0. The number of nitrogens with zero attached hydrogens (tertiary/aromatic N) is 1. The van der Waals surface area contributed by atoms with E-state index in [1.54, 1.807) is 11.3 Å². The van der Waals surface area contributed by atoms with Crippen molar-refractivity contribution in [1.82, 2.24) is 0 Å². The summed E-state index contributed by atoms with van der Waals surface area (Å²) in [5.74, 6) is 0. The molecule has 0 aliphatic rings. The van der Waals surface area contributed by atoms with E-state index in [0.717, 1.165) is 10.4 Å². The Morgan fingerprint density at radius 2 is 1.92 bits per heavy atom. The van der Waals surface area contributed by atoms with Crippen LogP contribution in [0.25, 0.3) is 15.6 Å². The van der Waals surface area contributed by atoms with Gasteiger partial charge in [-0.2, -0.15) is 11.3 Å². The highest BCUT2D eigenvalue weighted by molar-refractivity contribution is 7.18. The molecule has 0 unspecified atom stereocenters. The highest BCUT2D eigenvalue weighted by Crippen LogP contribution is 2.36. The molecule has 2 heteroatoms. The van der Waals surface area contributed by atoms with E-state index >= 15 is 0 Å². The molecular formula is C10H7NS. The quantitative estimate of drug-likeness (QED) is 0.534. The van der Waals surface area contributed by atoms with E-state index in [0.29, 0.717) is 0 Å². The Morgan fingerprint density at radius 1 is 1.25 bits per heavy atom. The van der Waals surface area contributed by atoms with Gasteiger partial charge in [0.25, 0.3) is 0 Å². The lowest BCUT2D eigenvalue weighted by Gasteiger charge is -1.88. The number of aryl methyl sites for hydroxylation is 1. The first-order valence-corrected chi connectivity index (χ1v) is 4.50. The first-order chi connectivity index (χ1) is 5.83. The van der Waals surface area contributed by atoms with Crippen LogP contribution < -0.4 is 0 Å². The van der Waals surface area contributed by atoms with Crippen molar-refractivity contribution in [2.75, 3.05) is 0 Å². The maximum absolute atomic E-state index is 6.97. The van der Waals surface area contributed by atoms with Crippen LogP contribution in [-0.4, -0.2) is 0 Å². The van der Waals surface area contributed by atoms with Gasteiger partial charge in [0.05, 0.1) is 6.57 Å². The number of hydrogen-bond donors (Lipinski definition) is 0. The van der Waals surface area contributed by atoms with E-state index < -0.39 is 0 Å². The SMILES string of the molecule is [C-]#[N+]c1sc(C)c2ccccc12. The Hall–Kier alpha value is -1.33. The van der Waals surface area contributed by atoms with Crippen molar-refractivity contribution in [3.63, 3.8) is 0 Å². The van der Waals surface area contributed by atoms with E-state index in [2.05, 4.69) is 17.8 Å². The molecule has 1 nitrogen and oxygen atoms in total. The monoisotopic (exact) mass is 173 g/mol. The molecule has 1 heterocycles. The van der Waals surface area contributed by atoms with Gasteiger partial charge in [0.1, 0.15) is 0 Å². The Labute approximate surface area is 75.1 Å². The molecule has 0 saturated carbocycles. The molecule has 12 heavy (non-hydrogen) atoms. The lowest BCUT2D eigenvalue weighted by molar-refractivity contribution is 1.68. The van der Waals surface area contributed by atoms with Crippen molar-refractivity contribution >= 4 is 27.1 Å². The van der Waals surface area contributed by atoms with Crippen LogP contribution in [0.2, 0.25) is 0 Å². The third-order valence-electron chi connectivity index (χ3n) is 1.89. The lowest BCUT2D eigenvalue weighted by atomic mass is 10.2. The molecule has 0 bridgehead atoms. The van der Waals surface area contributed by atoms with E-state index in [4.69, 9.17) is 6.57 Å². The van der Waals surface area contributed by atoms with Crippen LogP contribution in [0.5, 0.6) is 0 Å². The largest absolute Gasteiger partial charge is 0.249 e. The summed E-state index contributed by atoms with van der Waals surface area (Å²) in [5.41, 5.74) is 0. The van der Waals surface area contributed by atoms with Gasteiger partial charge in [-0.05, 0) is 22.6 Å². The molecule has 0 atom stereocenters. The molecule has 0 fully saturated rings. The molecule has 1 aromatic carbocycles. The van der Waals surface area contributed by atoms with Gasteiger partial charge in [-0.3, -0.25) is 0 Å². The van der Waals surface area contributed by atoms with Gasteiger partial charge in [-0.15, -0.1) is 0 Å². The maximum Gasteiger partial charge on any atom is 0.249 e. The molecule has 0 amide bonds. The molecule has 0 radical (unpaired) electrons. The van der Waals surface area contributed by atoms with Gasteiger partial charge < -0.3 is 0 Å². The summed E-state index contributed by atoms with van der Waals surface area (Å²) >= 11 is 1.57. The van der Waals surface area contributed by atoms with Gasteiger partial charge in [-0.25, -0.2) is 4.85 Å². The average Bonchev–Trinajstić information content (AvgIpc) is 2.44. The van der Waals surface area contributed by atoms with Crippen molar-refractivity contribution in [3.8, 4) is 0 Å². The lowest BCUT2D eigenvalue weighted by Crippen LogP contribution is -1.63. The standard InChI is InChI=1S/C10H7NS/c1-7-8-5-3-4-6-9(8)10(11-2)12-7/h3-6H,1H3. The molecule has 58 valence electrons. The van der Waals surface area contributed by atoms with Crippen molar-refractivity contribution in [3.05, 3.63) is 40.6 Å². The zero-order valence-electron chi connectivity index (χ0n) is 6.66. The summed E-state index contributed by atoms with van der Waals surface area (Å²) in [6.45, 7) is 9.03. The number of rotatable bonds is 0. The van der Waals surface area contributed by atoms with Crippen LogP contribution in [0.3, 0.4) is 0 Å². The van der Waals surface area contributed by atoms with E-state index in [1.165, 1.54) is 10.3 Å². The third-order valence-corrected chi connectivity index (χ3v) is 2.92. The highest BCUT2D eigenvalue weighted by atomic mass is 32.1. The molecule has 2 rings (SSSR count). The van der Waals surface area contributed by atoms with Gasteiger partial charge >= 0.3 is 0 Å². The van der Waals surface area contributed by atoms with Crippen molar-refractivity contribution in [2.24, 2.45) is 0 Å². The molecule has 2 aromatic rings. The Bertz CT molecular complexity index is 462. The molecular weight excluding hydrogens is 166 g/mol. The van der Waals surface area contributed by atoms with E-state index in [-0.39, 0.29) is 0 Å². The fourth-order valence-corrected chi connectivity index (χ4v) is 2.23. The summed E-state index contributed by atoms with van der Waals surface area (Å²) in [7, 11) is 0. The predicted molar refractivity (Wildman–Crippen MR) is 52.8 cm³/mol.